The molecule has 1 spiro atoms. The Morgan fingerprint density at radius 2 is 1.44 bits per heavy atom. The normalized spacial score (nSPS) is 25.0. The van der Waals surface area contributed by atoms with Gasteiger partial charge >= 0.3 is 12.8 Å². The molecule has 2 aliphatic rings. The number of benzene rings is 2. The maximum absolute atomic E-state index is 13.0. The van der Waals surface area contributed by atoms with Crippen LogP contribution in [0.3, 0.4) is 0 Å². The van der Waals surface area contributed by atoms with Crippen LogP contribution in [0.25, 0.3) is 0 Å². The van der Waals surface area contributed by atoms with E-state index < -0.39 is 30.0 Å². The van der Waals surface area contributed by atoms with E-state index in [9.17, 15) is 4.79 Å². The summed E-state index contributed by atoms with van der Waals surface area (Å²) in [6, 6.07) is 17.6. The molecule has 142 valence electrons. The fraction of sp³-hybridized carbons (Fsp3) is 0.381. The Morgan fingerprint density at radius 3 is 2.00 bits per heavy atom. The van der Waals surface area contributed by atoms with E-state index in [4.69, 9.17) is 14.0 Å². The smallest absolute Gasteiger partial charge is 0.466 e. The van der Waals surface area contributed by atoms with Crippen LogP contribution in [0.2, 0.25) is 0 Å². The van der Waals surface area contributed by atoms with E-state index >= 15 is 0 Å². The van der Waals surface area contributed by atoms with Crippen molar-refractivity contribution in [3.63, 3.8) is 0 Å². The summed E-state index contributed by atoms with van der Waals surface area (Å²) in [5, 5.41) is 0. The Kier molecular flexibility index (Phi) is 3.91. The van der Waals surface area contributed by atoms with Gasteiger partial charge in [0.25, 0.3) is 0 Å². The van der Waals surface area contributed by atoms with Crippen LogP contribution in [0.5, 0.6) is 0 Å². The number of carbonyl (C=O) groups is 1. The van der Waals surface area contributed by atoms with Gasteiger partial charge in [0, 0.05) is 22.8 Å². The van der Waals surface area contributed by atoms with Gasteiger partial charge in [0.05, 0.1) is 0 Å². The first-order valence-corrected chi connectivity index (χ1v) is 9.33. The van der Waals surface area contributed by atoms with Gasteiger partial charge in [-0.15, -0.1) is 0 Å². The van der Waals surface area contributed by atoms with E-state index in [1.165, 1.54) is 0 Å². The van der Waals surface area contributed by atoms with Crippen molar-refractivity contribution in [3.8, 4) is 0 Å². The molecule has 1 unspecified atom stereocenters. The zero-order valence-corrected chi connectivity index (χ0v) is 16.4. The van der Waals surface area contributed by atoms with Crippen molar-refractivity contribution in [3.05, 3.63) is 65.7 Å². The van der Waals surface area contributed by atoms with Gasteiger partial charge in [-0.25, -0.2) is 4.79 Å². The van der Waals surface area contributed by atoms with Gasteiger partial charge < -0.3 is 18.9 Å². The van der Waals surface area contributed by atoms with Crippen LogP contribution >= 0.6 is 0 Å². The van der Waals surface area contributed by atoms with E-state index in [-0.39, 0.29) is 0 Å². The molecule has 0 N–H and O–H groups in total. The molecule has 2 aromatic carbocycles. The highest BCUT2D eigenvalue weighted by atomic mass is 16.8. The molecule has 2 saturated heterocycles. The van der Waals surface area contributed by atoms with Crippen molar-refractivity contribution in [2.45, 2.75) is 51.8 Å². The minimum Gasteiger partial charge on any atom is -0.625 e. The van der Waals surface area contributed by atoms with Crippen molar-refractivity contribution in [2.24, 2.45) is 0 Å². The predicted molar refractivity (Wildman–Crippen MR) is 105 cm³/mol. The number of hydrogen-bond acceptors (Lipinski definition) is 4. The maximum Gasteiger partial charge on any atom is 0.466 e. The molecule has 1 amide bonds. The molecule has 5 nitrogen and oxygen atoms in total. The number of nitrogens with zero attached hydrogens (tertiary/aromatic N) is 1. The molecular formula is C21H25BNO4-. The maximum atomic E-state index is 13.0. The number of anilines is 1. The standard InChI is InChI=1S/C21H25BNO4/c1-15-11-13-16(14-12-15)18-22(26-20(2,3)21(4,5)27-22)25-19(24)23(18)17-9-7-6-8-10-17/h6-14,18H,1-5H3/q-1. The third-order valence-corrected chi connectivity index (χ3v) is 5.95. The Labute approximate surface area is 160 Å². The Balaban J connectivity index is 1.87. The number of carbonyl (C=O) groups excluding carboxylic acids is 1. The molecule has 2 fully saturated rings. The molecular weight excluding hydrogens is 341 g/mol. The van der Waals surface area contributed by atoms with Crippen molar-refractivity contribution < 1.29 is 18.8 Å². The van der Waals surface area contributed by atoms with Crippen LogP contribution in [-0.4, -0.2) is 24.0 Å². The van der Waals surface area contributed by atoms with Gasteiger partial charge in [0.15, 0.2) is 0 Å². The quantitative estimate of drug-likeness (QED) is 0.718. The average Bonchev–Trinajstić information content (AvgIpc) is 2.96. The monoisotopic (exact) mass is 366 g/mol. The number of rotatable bonds is 2. The first-order valence-electron chi connectivity index (χ1n) is 9.33. The molecule has 2 aromatic rings. The predicted octanol–water partition coefficient (Wildman–Crippen LogP) is 4.78. The minimum absolute atomic E-state index is 0.458. The van der Waals surface area contributed by atoms with Gasteiger partial charge in [0.1, 0.15) is 0 Å². The lowest BCUT2D eigenvalue weighted by Crippen LogP contribution is -2.47. The highest BCUT2D eigenvalue weighted by Crippen LogP contribution is 2.52. The van der Waals surface area contributed by atoms with Crippen LogP contribution in [0.15, 0.2) is 54.6 Å². The number of hydrogen-bond donors (Lipinski definition) is 0. The van der Waals surface area contributed by atoms with E-state index in [1.54, 1.807) is 4.90 Å². The molecule has 27 heavy (non-hydrogen) atoms. The Hall–Kier alpha value is -2.31. The summed E-state index contributed by atoms with van der Waals surface area (Å²) in [5.41, 5.74) is 1.60. The molecule has 4 rings (SSSR count). The van der Waals surface area contributed by atoms with Crippen molar-refractivity contribution in [1.29, 1.82) is 0 Å². The molecule has 0 aromatic heterocycles. The Bertz CT molecular complexity index is 848. The zero-order valence-electron chi connectivity index (χ0n) is 16.4. The van der Waals surface area contributed by atoms with Crippen LogP contribution in [0, 0.1) is 6.92 Å². The number of amides is 1. The van der Waals surface area contributed by atoms with Crippen molar-refractivity contribution in [2.75, 3.05) is 4.90 Å². The fourth-order valence-corrected chi connectivity index (χ4v) is 3.87. The van der Waals surface area contributed by atoms with Crippen molar-refractivity contribution >= 4 is 18.5 Å². The van der Waals surface area contributed by atoms with Gasteiger partial charge in [-0.3, -0.25) is 0 Å². The minimum atomic E-state index is -2.34. The summed E-state index contributed by atoms with van der Waals surface area (Å²) < 4.78 is 18.6. The first kappa shape index (κ1) is 18.1. The molecule has 1 atom stereocenters. The summed E-state index contributed by atoms with van der Waals surface area (Å²) in [4.78, 5) is 14.6. The fourth-order valence-electron chi connectivity index (χ4n) is 3.87. The second-order valence-corrected chi connectivity index (χ2v) is 8.40. The topological polar surface area (TPSA) is 48.0 Å². The van der Waals surface area contributed by atoms with Gasteiger partial charge in [-0.1, -0.05) is 53.6 Å². The lowest BCUT2D eigenvalue weighted by molar-refractivity contribution is 0.00578. The lowest BCUT2D eigenvalue weighted by atomic mass is 9.65. The second-order valence-electron chi connectivity index (χ2n) is 8.40. The van der Waals surface area contributed by atoms with Gasteiger partial charge in [0.2, 0.25) is 0 Å². The first-order chi connectivity index (χ1) is 12.7. The summed E-state index contributed by atoms with van der Waals surface area (Å²) in [7, 11) is 0. The molecule has 0 bridgehead atoms. The molecule has 2 aliphatic heterocycles. The lowest BCUT2D eigenvalue weighted by Gasteiger charge is -2.37. The van der Waals surface area contributed by atoms with E-state index in [2.05, 4.69) is 0 Å². The van der Waals surface area contributed by atoms with Crippen LogP contribution in [-0.2, 0) is 14.0 Å². The Morgan fingerprint density at radius 1 is 0.889 bits per heavy atom. The highest BCUT2D eigenvalue weighted by molar-refractivity contribution is 6.68. The molecule has 0 aliphatic carbocycles. The second kappa shape index (κ2) is 5.84. The summed E-state index contributed by atoms with van der Waals surface area (Å²) >= 11 is 0. The summed E-state index contributed by atoms with van der Waals surface area (Å²) in [6.45, 7) is 7.56. The van der Waals surface area contributed by atoms with Gasteiger partial charge in [-0.2, -0.15) is 0 Å². The largest absolute Gasteiger partial charge is 0.625 e. The molecule has 2 heterocycles. The van der Waals surface area contributed by atoms with Crippen LogP contribution in [0.1, 0.15) is 44.8 Å². The highest BCUT2D eigenvalue weighted by Gasteiger charge is 2.64. The third-order valence-electron chi connectivity index (χ3n) is 5.95. The summed E-state index contributed by atoms with van der Waals surface area (Å²) in [5.74, 6) is -0.499. The number of para-hydroxylation sites is 1. The summed E-state index contributed by atoms with van der Waals surface area (Å²) in [6.07, 6.45) is -0.458. The van der Waals surface area contributed by atoms with Crippen LogP contribution < -0.4 is 4.90 Å². The van der Waals surface area contributed by atoms with Gasteiger partial charge in [-0.05, 0) is 46.8 Å². The third kappa shape index (κ3) is 2.75. The van der Waals surface area contributed by atoms with E-state index in [0.29, 0.717) is 0 Å². The number of aryl methyl sites for hydroxylation is 1. The van der Waals surface area contributed by atoms with E-state index in [0.717, 1.165) is 16.8 Å². The molecule has 6 heteroatoms. The molecule has 0 saturated carbocycles. The molecule has 0 radical (unpaired) electrons. The SMILES string of the molecule is Cc1ccc(C2N(c3ccccc3)C(=O)O[B-]23OC(C)(C)C(C)(C)O3)cc1. The average molecular weight is 366 g/mol. The van der Waals surface area contributed by atoms with E-state index in [1.807, 2.05) is 89.2 Å². The van der Waals surface area contributed by atoms with Crippen molar-refractivity contribution in [1.82, 2.24) is 0 Å². The van der Waals surface area contributed by atoms with Crippen LogP contribution in [0.4, 0.5) is 10.5 Å². The zero-order chi connectivity index (χ0) is 19.4.